The first-order valence-electron chi connectivity index (χ1n) is 4.95. The minimum atomic E-state index is -2.37. The minimum absolute atomic E-state index is 0.170. The number of nitrogens with zero attached hydrogens (tertiary/aromatic N) is 3. The summed E-state index contributed by atoms with van der Waals surface area (Å²) in [5.41, 5.74) is 0. The number of hydrogen-bond donors (Lipinski definition) is 5. The molecule has 1 fully saturated rings. The average molecular weight is 259 g/mol. The molecule has 4 atom stereocenters. The molecule has 2 rings (SSSR count). The molecule has 0 aromatic carbocycles. The van der Waals surface area contributed by atoms with Gasteiger partial charge in [-0.2, -0.15) is 9.67 Å². The van der Waals surface area contributed by atoms with Crippen molar-refractivity contribution in [1.82, 2.24) is 14.8 Å². The van der Waals surface area contributed by atoms with E-state index >= 15 is 0 Å². The summed E-state index contributed by atoms with van der Waals surface area (Å²) in [4.78, 5) is 13.6. The smallest absolute Gasteiger partial charge is 0.316 e. The van der Waals surface area contributed by atoms with Crippen LogP contribution in [0.1, 0.15) is 0 Å². The van der Waals surface area contributed by atoms with Gasteiger partial charge >= 0.3 is 6.41 Å². The van der Waals surface area contributed by atoms with Crippen LogP contribution in [0.2, 0.25) is 0 Å². The highest BCUT2D eigenvalue weighted by molar-refractivity contribution is 5.66. The molecule has 0 unspecified atom stereocenters. The van der Waals surface area contributed by atoms with E-state index in [9.17, 15) is 20.1 Å². The van der Waals surface area contributed by atoms with E-state index in [0.29, 0.717) is 0 Å². The third-order valence-corrected chi connectivity index (χ3v) is 2.58. The number of anilines is 1. The SMILES string of the molecule is O=[C]Nc1ncn([C@@]2(O)O[C@H](CO)[C@@H](O)[C@H]2O)n1. The average Bonchev–Trinajstić information content (AvgIpc) is 2.90. The molecule has 5 N–H and O–H groups in total. The Labute approximate surface area is 100 Å². The standard InChI is InChI=1S/C8H11N4O6/c13-1-4-5(15)6(16)8(17,18-4)12-2-9-7(11-12)10-3-14/h2,4-6,13,15-17H,1H2,(H,10,11,14)/t4-,5-,6-,8+/m1/s1. The molecule has 1 amide bonds. The van der Waals surface area contributed by atoms with Crippen LogP contribution in [0, 0.1) is 0 Å². The normalized spacial score (nSPS) is 35.7. The van der Waals surface area contributed by atoms with E-state index in [4.69, 9.17) is 9.84 Å². The molecule has 1 aromatic rings. The molecule has 1 aromatic heterocycles. The Kier molecular flexibility index (Phi) is 3.28. The first kappa shape index (κ1) is 12.9. The highest BCUT2D eigenvalue weighted by Crippen LogP contribution is 2.32. The largest absolute Gasteiger partial charge is 0.394 e. The topological polar surface area (TPSA) is 150 Å². The number of aliphatic hydroxyl groups is 4. The van der Waals surface area contributed by atoms with Crippen molar-refractivity contribution in [3.63, 3.8) is 0 Å². The summed E-state index contributed by atoms with van der Waals surface area (Å²) in [6.07, 6.45) is -2.07. The van der Waals surface area contributed by atoms with Crippen molar-refractivity contribution in [1.29, 1.82) is 0 Å². The number of aromatic nitrogens is 3. The molecule has 1 saturated heterocycles. The predicted molar refractivity (Wildman–Crippen MR) is 53.5 cm³/mol. The summed E-state index contributed by atoms with van der Waals surface area (Å²) in [5, 5.41) is 43.8. The minimum Gasteiger partial charge on any atom is -0.394 e. The molecular formula is C8H11N4O6. The Bertz CT molecular complexity index is 439. The van der Waals surface area contributed by atoms with Gasteiger partial charge in [0.15, 0.2) is 6.10 Å². The van der Waals surface area contributed by atoms with Gasteiger partial charge in [-0.25, -0.2) is 0 Å². The van der Waals surface area contributed by atoms with Crippen molar-refractivity contribution < 1.29 is 30.0 Å². The van der Waals surface area contributed by atoms with Crippen LogP contribution >= 0.6 is 0 Å². The van der Waals surface area contributed by atoms with Gasteiger partial charge in [0.25, 0.3) is 5.91 Å². The molecule has 0 bridgehead atoms. The van der Waals surface area contributed by atoms with Gasteiger partial charge in [0.2, 0.25) is 5.95 Å². The van der Waals surface area contributed by atoms with Crippen LogP contribution in [0.25, 0.3) is 0 Å². The third-order valence-electron chi connectivity index (χ3n) is 2.58. The number of rotatable bonds is 4. The summed E-state index contributed by atoms with van der Waals surface area (Å²) in [5.74, 6) is -2.54. The van der Waals surface area contributed by atoms with Crippen molar-refractivity contribution in [2.75, 3.05) is 11.9 Å². The second-order valence-electron chi connectivity index (χ2n) is 3.67. The van der Waals surface area contributed by atoms with Crippen LogP contribution in [0.15, 0.2) is 6.33 Å². The van der Waals surface area contributed by atoms with Crippen molar-refractivity contribution in [3.8, 4) is 0 Å². The Morgan fingerprint density at radius 1 is 1.61 bits per heavy atom. The number of ether oxygens (including phenoxy) is 1. The summed E-state index contributed by atoms with van der Waals surface area (Å²) in [7, 11) is 0. The number of nitrogens with one attached hydrogen (secondary N) is 1. The van der Waals surface area contributed by atoms with Crippen LogP contribution in [-0.2, 0) is 15.4 Å². The molecule has 2 heterocycles. The summed E-state index contributed by atoms with van der Waals surface area (Å²) < 4.78 is 5.66. The summed E-state index contributed by atoms with van der Waals surface area (Å²) in [6.45, 7) is -0.595. The molecular weight excluding hydrogens is 248 g/mol. The van der Waals surface area contributed by atoms with E-state index in [1.54, 1.807) is 0 Å². The van der Waals surface area contributed by atoms with Gasteiger partial charge in [-0.15, -0.1) is 5.10 Å². The van der Waals surface area contributed by atoms with E-state index in [1.165, 1.54) is 6.41 Å². The molecule has 1 radical (unpaired) electrons. The van der Waals surface area contributed by atoms with E-state index < -0.39 is 30.8 Å². The number of aliphatic hydroxyl groups excluding tert-OH is 3. The van der Waals surface area contributed by atoms with Crippen molar-refractivity contribution in [3.05, 3.63) is 6.33 Å². The first-order chi connectivity index (χ1) is 8.52. The molecule has 99 valence electrons. The molecule has 10 heteroatoms. The van der Waals surface area contributed by atoms with Crippen molar-refractivity contribution >= 4 is 12.4 Å². The predicted octanol–water partition coefficient (Wildman–Crippen LogP) is -3.53. The van der Waals surface area contributed by atoms with Crippen molar-refractivity contribution in [2.24, 2.45) is 0 Å². The Morgan fingerprint density at radius 2 is 2.33 bits per heavy atom. The fraction of sp³-hybridized carbons (Fsp3) is 0.625. The van der Waals surface area contributed by atoms with Gasteiger partial charge in [0.05, 0.1) is 6.61 Å². The van der Waals surface area contributed by atoms with E-state index in [-0.39, 0.29) is 5.95 Å². The molecule has 10 nitrogen and oxygen atoms in total. The first-order valence-corrected chi connectivity index (χ1v) is 4.95. The molecule has 18 heavy (non-hydrogen) atoms. The molecule has 0 spiro atoms. The fourth-order valence-corrected chi connectivity index (χ4v) is 1.64. The molecule has 1 aliphatic rings. The monoisotopic (exact) mass is 259 g/mol. The molecule has 0 saturated carbocycles. The second kappa shape index (κ2) is 4.59. The van der Waals surface area contributed by atoms with Crippen LogP contribution in [0.3, 0.4) is 0 Å². The zero-order valence-electron chi connectivity index (χ0n) is 8.96. The Morgan fingerprint density at radius 3 is 2.89 bits per heavy atom. The van der Waals surface area contributed by atoms with Gasteiger partial charge < -0.3 is 25.2 Å². The van der Waals surface area contributed by atoms with Crippen LogP contribution in [-0.4, -0.2) is 66.5 Å². The summed E-state index contributed by atoms with van der Waals surface area (Å²) in [6, 6.07) is 0. The highest BCUT2D eigenvalue weighted by atomic mass is 16.7. The second-order valence-corrected chi connectivity index (χ2v) is 3.67. The lowest BCUT2D eigenvalue weighted by atomic mass is 10.1. The Hall–Kier alpha value is -1.59. The van der Waals surface area contributed by atoms with E-state index in [1.807, 2.05) is 5.32 Å². The quantitative estimate of drug-likeness (QED) is 0.349. The zero-order chi connectivity index (χ0) is 13.3. The van der Waals surface area contributed by atoms with Gasteiger partial charge in [-0.1, -0.05) is 0 Å². The lowest BCUT2D eigenvalue weighted by Gasteiger charge is -2.25. The maximum atomic E-state index is 10.1. The number of carbonyl (C=O) groups excluding carboxylic acids is 1. The van der Waals surface area contributed by atoms with E-state index in [0.717, 1.165) is 11.0 Å². The maximum absolute atomic E-state index is 10.1. The zero-order valence-corrected chi connectivity index (χ0v) is 8.96. The number of hydrogen-bond acceptors (Lipinski definition) is 8. The van der Waals surface area contributed by atoms with Crippen LogP contribution < -0.4 is 5.32 Å². The molecule has 0 aliphatic carbocycles. The Balaban J connectivity index is 2.27. The van der Waals surface area contributed by atoms with Gasteiger partial charge in [0.1, 0.15) is 18.5 Å². The van der Waals surface area contributed by atoms with Gasteiger partial charge in [-0.05, 0) is 0 Å². The highest BCUT2D eigenvalue weighted by Gasteiger charge is 2.55. The van der Waals surface area contributed by atoms with Crippen molar-refractivity contribution in [2.45, 2.75) is 24.2 Å². The molecule has 1 aliphatic heterocycles. The maximum Gasteiger partial charge on any atom is 0.316 e. The van der Waals surface area contributed by atoms with Gasteiger partial charge in [0, 0.05) is 0 Å². The van der Waals surface area contributed by atoms with Crippen LogP contribution in [0.4, 0.5) is 5.95 Å². The van der Waals surface area contributed by atoms with E-state index in [2.05, 4.69) is 10.1 Å². The fourth-order valence-electron chi connectivity index (χ4n) is 1.64. The lowest BCUT2D eigenvalue weighted by Crippen LogP contribution is -2.46. The number of amides is 1. The third kappa shape index (κ3) is 1.85. The van der Waals surface area contributed by atoms with Crippen LogP contribution in [0.5, 0.6) is 0 Å². The summed E-state index contributed by atoms with van der Waals surface area (Å²) >= 11 is 0. The lowest BCUT2D eigenvalue weighted by molar-refractivity contribution is -0.294. The van der Waals surface area contributed by atoms with Gasteiger partial charge in [-0.3, -0.25) is 10.1 Å².